The van der Waals surface area contributed by atoms with Gasteiger partial charge in [-0.15, -0.1) is 0 Å². The van der Waals surface area contributed by atoms with Crippen molar-refractivity contribution < 1.29 is 9.90 Å². The van der Waals surface area contributed by atoms with Crippen LogP contribution in [-0.4, -0.2) is 11.1 Å². The number of hydrogen-bond acceptors (Lipinski definition) is 1. The van der Waals surface area contributed by atoms with Gasteiger partial charge in [-0.2, -0.15) is 0 Å². The second kappa shape index (κ2) is 5.31. The van der Waals surface area contributed by atoms with Crippen LogP contribution in [0.1, 0.15) is 10.4 Å². The van der Waals surface area contributed by atoms with Gasteiger partial charge >= 0.3 is 5.97 Å². The lowest BCUT2D eigenvalue weighted by Gasteiger charge is -2.08. The molecule has 0 spiro atoms. The summed E-state index contributed by atoms with van der Waals surface area (Å²) >= 11 is 15.2. The minimum Gasteiger partial charge on any atom is -0.478 e. The molecule has 0 saturated heterocycles. The smallest absolute Gasteiger partial charge is 0.336 e. The van der Waals surface area contributed by atoms with Crippen molar-refractivity contribution in [1.82, 2.24) is 0 Å². The summed E-state index contributed by atoms with van der Waals surface area (Å²) in [6, 6.07) is 10.3. The molecule has 1 N–H and O–H groups in total. The highest BCUT2D eigenvalue weighted by molar-refractivity contribution is 9.10. The van der Waals surface area contributed by atoms with E-state index in [2.05, 4.69) is 15.9 Å². The van der Waals surface area contributed by atoms with Crippen molar-refractivity contribution >= 4 is 45.1 Å². The van der Waals surface area contributed by atoms with E-state index in [9.17, 15) is 4.79 Å². The second-order valence-electron chi connectivity index (χ2n) is 3.60. The summed E-state index contributed by atoms with van der Waals surface area (Å²) in [5.74, 6) is -0.998. The molecule has 92 valence electrons. The van der Waals surface area contributed by atoms with E-state index in [0.29, 0.717) is 25.6 Å². The Morgan fingerprint density at radius 1 is 1.17 bits per heavy atom. The van der Waals surface area contributed by atoms with Crippen LogP contribution in [-0.2, 0) is 0 Å². The number of carbonyl (C=O) groups is 1. The van der Waals surface area contributed by atoms with E-state index in [1.807, 2.05) is 0 Å². The fraction of sp³-hybridized carbons (Fsp3) is 0. The Morgan fingerprint density at radius 3 is 2.56 bits per heavy atom. The van der Waals surface area contributed by atoms with Crippen LogP contribution < -0.4 is 0 Å². The minimum atomic E-state index is -0.998. The van der Waals surface area contributed by atoms with Gasteiger partial charge in [0, 0.05) is 10.0 Å². The second-order valence-corrected chi connectivity index (χ2v) is 5.24. The van der Waals surface area contributed by atoms with E-state index >= 15 is 0 Å². The molecule has 0 aromatic heterocycles. The van der Waals surface area contributed by atoms with Crippen molar-refractivity contribution in [2.45, 2.75) is 0 Å². The molecule has 0 radical (unpaired) electrons. The number of carboxylic acids is 1. The van der Waals surface area contributed by atoms with E-state index in [0.717, 1.165) is 0 Å². The standard InChI is InChI=1S/C13H7BrCl2O2/c14-10-5-4-7(6-9(10)13(17)18)8-2-1-3-11(15)12(8)16/h1-6H,(H,17,18). The zero-order chi connectivity index (χ0) is 13.3. The molecule has 0 fully saturated rings. The molecule has 5 heteroatoms. The van der Waals surface area contributed by atoms with Gasteiger partial charge in [-0.1, -0.05) is 41.4 Å². The van der Waals surface area contributed by atoms with Crippen molar-refractivity contribution in [3.63, 3.8) is 0 Å². The summed E-state index contributed by atoms with van der Waals surface area (Å²) in [4.78, 5) is 11.1. The molecule has 0 aliphatic rings. The number of rotatable bonds is 2. The first-order chi connectivity index (χ1) is 8.50. The van der Waals surface area contributed by atoms with E-state index in [1.54, 1.807) is 36.4 Å². The largest absolute Gasteiger partial charge is 0.478 e. The van der Waals surface area contributed by atoms with Crippen LogP contribution in [0.2, 0.25) is 10.0 Å². The number of benzene rings is 2. The minimum absolute atomic E-state index is 0.184. The molecule has 0 bridgehead atoms. The SMILES string of the molecule is O=C(O)c1cc(-c2cccc(Cl)c2Cl)ccc1Br. The van der Waals surface area contributed by atoms with Gasteiger partial charge < -0.3 is 5.11 Å². The molecule has 0 aliphatic heterocycles. The Hall–Kier alpha value is -1.03. The number of hydrogen-bond donors (Lipinski definition) is 1. The van der Waals surface area contributed by atoms with Crippen molar-refractivity contribution in [3.8, 4) is 11.1 Å². The van der Waals surface area contributed by atoms with E-state index in [-0.39, 0.29) is 5.56 Å². The first-order valence-corrected chi connectivity index (χ1v) is 6.53. The average molecular weight is 346 g/mol. The molecule has 0 atom stereocenters. The molecule has 2 nitrogen and oxygen atoms in total. The summed E-state index contributed by atoms with van der Waals surface area (Å²) in [5.41, 5.74) is 1.60. The molecule has 18 heavy (non-hydrogen) atoms. The molecule has 0 heterocycles. The van der Waals surface area contributed by atoms with E-state index in [1.165, 1.54) is 0 Å². The molecule has 0 saturated carbocycles. The van der Waals surface area contributed by atoms with Crippen molar-refractivity contribution in [2.75, 3.05) is 0 Å². The van der Waals surface area contributed by atoms with E-state index < -0.39 is 5.97 Å². The highest BCUT2D eigenvalue weighted by Gasteiger charge is 2.12. The average Bonchev–Trinajstić information content (AvgIpc) is 2.33. The monoisotopic (exact) mass is 344 g/mol. The highest BCUT2D eigenvalue weighted by atomic mass is 79.9. The third-order valence-electron chi connectivity index (χ3n) is 2.46. The maximum absolute atomic E-state index is 11.1. The summed E-state index contributed by atoms with van der Waals surface area (Å²) in [7, 11) is 0. The molecule has 0 aliphatic carbocycles. The Balaban J connectivity index is 2.62. The van der Waals surface area contributed by atoms with Crippen LogP contribution in [0.15, 0.2) is 40.9 Å². The normalized spacial score (nSPS) is 10.4. The van der Waals surface area contributed by atoms with Crippen LogP contribution in [0.5, 0.6) is 0 Å². The first kappa shape index (κ1) is 13.4. The first-order valence-electron chi connectivity index (χ1n) is 4.98. The molecule has 2 rings (SSSR count). The highest BCUT2D eigenvalue weighted by Crippen LogP contribution is 2.34. The summed E-state index contributed by atoms with van der Waals surface area (Å²) < 4.78 is 0.525. The Morgan fingerprint density at radius 2 is 1.89 bits per heavy atom. The van der Waals surface area contributed by atoms with Gasteiger partial charge in [-0.25, -0.2) is 4.79 Å². The molecule has 0 amide bonds. The third kappa shape index (κ3) is 2.53. The van der Waals surface area contributed by atoms with Crippen LogP contribution in [0.3, 0.4) is 0 Å². The lowest BCUT2D eigenvalue weighted by molar-refractivity contribution is 0.0696. The molecular formula is C13H7BrCl2O2. The number of halogens is 3. The molecule has 2 aromatic carbocycles. The number of aromatic carboxylic acids is 1. The van der Waals surface area contributed by atoms with Crippen LogP contribution in [0, 0.1) is 0 Å². The van der Waals surface area contributed by atoms with Crippen LogP contribution >= 0.6 is 39.1 Å². The van der Waals surface area contributed by atoms with Crippen molar-refractivity contribution in [3.05, 3.63) is 56.5 Å². The molecule has 0 unspecified atom stereocenters. The van der Waals surface area contributed by atoms with Gasteiger partial charge in [0.2, 0.25) is 0 Å². The fourth-order valence-corrected chi connectivity index (χ4v) is 2.41. The quantitative estimate of drug-likeness (QED) is 0.820. The topological polar surface area (TPSA) is 37.3 Å². The van der Waals surface area contributed by atoms with Crippen molar-refractivity contribution in [2.24, 2.45) is 0 Å². The van der Waals surface area contributed by atoms with Gasteiger partial charge in [-0.3, -0.25) is 0 Å². The van der Waals surface area contributed by atoms with Crippen LogP contribution in [0.4, 0.5) is 0 Å². The summed E-state index contributed by atoms with van der Waals surface area (Å²) in [6.45, 7) is 0. The Bertz CT molecular complexity index is 626. The maximum Gasteiger partial charge on any atom is 0.336 e. The number of carboxylic acid groups (broad SMARTS) is 1. The predicted molar refractivity (Wildman–Crippen MR) is 76.6 cm³/mol. The zero-order valence-electron chi connectivity index (χ0n) is 8.95. The Kier molecular flexibility index (Phi) is 3.95. The molecule has 2 aromatic rings. The summed E-state index contributed by atoms with van der Waals surface area (Å²) in [5, 5.41) is 9.93. The lowest BCUT2D eigenvalue weighted by Crippen LogP contribution is -1.98. The van der Waals surface area contributed by atoms with Gasteiger partial charge in [0.25, 0.3) is 0 Å². The molecular weight excluding hydrogens is 339 g/mol. The van der Waals surface area contributed by atoms with E-state index in [4.69, 9.17) is 28.3 Å². The van der Waals surface area contributed by atoms with Crippen molar-refractivity contribution in [1.29, 1.82) is 0 Å². The van der Waals surface area contributed by atoms with Gasteiger partial charge in [0.15, 0.2) is 0 Å². The van der Waals surface area contributed by atoms with Gasteiger partial charge in [0.05, 0.1) is 15.6 Å². The summed E-state index contributed by atoms with van der Waals surface area (Å²) in [6.07, 6.45) is 0. The lowest BCUT2D eigenvalue weighted by atomic mass is 10.0. The maximum atomic E-state index is 11.1. The van der Waals surface area contributed by atoms with Crippen LogP contribution in [0.25, 0.3) is 11.1 Å². The third-order valence-corrected chi connectivity index (χ3v) is 3.97. The predicted octanol–water partition coefficient (Wildman–Crippen LogP) is 5.12. The zero-order valence-corrected chi connectivity index (χ0v) is 12.1. The Labute approximate surface area is 122 Å². The van der Waals surface area contributed by atoms with Gasteiger partial charge in [0.1, 0.15) is 0 Å². The van der Waals surface area contributed by atoms with Gasteiger partial charge in [-0.05, 0) is 39.7 Å². The fourth-order valence-electron chi connectivity index (χ4n) is 1.58.